The summed E-state index contributed by atoms with van der Waals surface area (Å²) in [5, 5.41) is 14.6. The summed E-state index contributed by atoms with van der Waals surface area (Å²) >= 11 is 0. The molecule has 0 radical (unpaired) electrons. The van der Waals surface area contributed by atoms with Gasteiger partial charge in [0.15, 0.2) is 0 Å². The minimum atomic E-state index is -0.182. The number of hydrogen-bond acceptors (Lipinski definition) is 5. The van der Waals surface area contributed by atoms with Crippen LogP contribution in [0.2, 0.25) is 0 Å². The smallest absolute Gasteiger partial charge is 0.243 e. The number of benzene rings is 1. The van der Waals surface area contributed by atoms with Crippen molar-refractivity contribution in [3.8, 4) is 11.4 Å². The van der Waals surface area contributed by atoms with Crippen molar-refractivity contribution >= 4 is 5.91 Å². The molecule has 0 atom stereocenters. The van der Waals surface area contributed by atoms with Crippen LogP contribution in [0.25, 0.3) is 11.4 Å². The van der Waals surface area contributed by atoms with Crippen LogP contribution in [0.5, 0.6) is 0 Å². The number of amides is 1. The first kappa shape index (κ1) is 13.2. The zero-order valence-corrected chi connectivity index (χ0v) is 10.7. The molecular weight excluding hydrogens is 244 g/mol. The van der Waals surface area contributed by atoms with Gasteiger partial charge in [-0.25, -0.2) is 0 Å². The summed E-state index contributed by atoms with van der Waals surface area (Å²) in [5.74, 6) is 0.324. The van der Waals surface area contributed by atoms with Gasteiger partial charge in [0.1, 0.15) is 6.54 Å². The summed E-state index contributed by atoms with van der Waals surface area (Å²) in [4.78, 5) is 12.7. The molecule has 0 spiro atoms. The zero-order valence-electron chi connectivity index (χ0n) is 10.7. The molecule has 1 amide bonds. The molecule has 1 aromatic heterocycles. The second-order valence-corrected chi connectivity index (χ2v) is 4.15. The van der Waals surface area contributed by atoms with Gasteiger partial charge in [-0.1, -0.05) is 29.8 Å². The molecule has 0 aliphatic carbocycles. The third-order valence-corrected chi connectivity index (χ3v) is 2.51. The highest BCUT2D eigenvalue weighted by Crippen LogP contribution is 2.13. The molecule has 0 fully saturated rings. The number of aromatic nitrogens is 4. The van der Waals surface area contributed by atoms with Gasteiger partial charge in [-0.2, -0.15) is 4.80 Å². The Labute approximate surface area is 110 Å². The third-order valence-electron chi connectivity index (χ3n) is 2.51. The maximum atomic E-state index is 11.5. The van der Waals surface area contributed by atoms with Gasteiger partial charge in [-0.3, -0.25) is 4.79 Å². The van der Waals surface area contributed by atoms with E-state index in [0.717, 1.165) is 11.1 Å². The van der Waals surface area contributed by atoms with E-state index in [1.807, 2.05) is 31.2 Å². The molecule has 1 heterocycles. The van der Waals surface area contributed by atoms with Crippen LogP contribution in [0.15, 0.2) is 24.3 Å². The van der Waals surface area contributed by atoms with Crippen LogP contribution in [0.3, 0.4) is 0 Å². The Kier molecular flexibility index (Phi) is 4.19. The van der Waals surface area contributed by atoms with Gasteiger partial charge >= 0.3 is 0 Å². The summed E-state index contributed by atoms with van der Waals surface area (Å²) in [6.45, 7) is 2.90. The molecule has 0 saturated heterocycles. The van der Waals surface area contributed by atoms with Crippen molar-refractivity contribution in [1.82, 2.24) is 25.5 Å². The lowest BCUT2D eigenvalue weighted by Gasteiger charge is -2.01. The minimum absolute atomic E-state index is 0.0405. The number of rotatable bonds is 5. The average molecular weight is 260 g/mol. The molecule has 0 saturated carbocycles. The summed E-state index contributed by atoms with van der Waals surface area (Å²) in [6.07, 6.45) is 0. The van der Waals surface area contributed by atoms with E-state index >= 15 is 0 Å². The molecule has 19 heavy (non-hydrogen) atoms. The van der Waals surface area contributed by atoms with Crippen molar-refractivity contribution in [2.24, 2.45) is 5.73 Å². The standard InChI is InChI=1S/C12H16N6O/c1-9-2-4-10(5-3-9)12-15-17-18(16-12)8-11(19)14-7-6-13/h2-5H,6-8,13H2,1H3,(H,14,19). The van der Waals surface area contributed by atoms with Crippen molar-refractivity contribution in [3.05, 3.63) is 29.8 Å². The van der Waals surface area contributed by atoms with Gasteiger partial charge in [-0.15, -0.1) is 10.2 Å². The fraction of sp³-hybridized carbons (Fsp3) is 0.333. The Bertz CT molecular complexity index is 548. The van der Waals surface area contributed by atoms with E-state index in [-0.39, 0.29) is 12.5 Å². The number of hydrogen-bond donors (Lipinski definition) is 2. The second-order valence-electron chi connectivity index (χ2n) is 4.15. The Morgan fingerprint density at radius 2 is 2.11 bits per heavy atom. The summed E-state index contributed by atoms with van der Waals surface area (Å²) in [6, 6.07) is 7.80. The van der Waals surface area contributed by atoms with Gasteiger partial charge < -0.3 is 11.1 Å². The van der Waals surface area contributed by atoms with Gasteiger partial charge in [0, 0.05) is 18.7 Å². The number of nitrogens with two attached hydrogens (primary N) is 1. The van der Waals surface area contributed by atoms with Crippen LogP contribution in [0.4, 0.5) is 0 Å². The number of carbonyl (C=O) groups is 1. The quantitative estimate of drug-likeness (QED) is 0.770. The lowest BCUT2D eigenvalue weighted by Crippen LogP contribution is -2.32. The fourth-order valence-electron chi connectivity index (χ4n) is 1.52. The Balaban J connectivity index is 2.02. The first-order valence-electron chi connectivity index (χ1n) is 6.00. The van der Waals surface area contributed by atoms with E-state index in [0.29, 0.717) is 18.9 Å². The number of carbonyl (C=O) groups excluding carboxylic acids is 1. The van der Waals surface area contributed by atoms with Gasteiger partial charge in [0.2, 0.25) is 11.7 Å². The van der Waals surface area contributed by atoms with Crippen LogP contribution in [-0.4, -0.2) is 39.2 Å². The second kappa shape index (κ2) is 6.05. The SMILES string of the molecule is Cc1ccc(-c2nnn(CC(=O)NCCN)n2)cc1. The van der Waals surface area contributed by atoms with E-state index in [1.54, 1.807) is 0 Å². The van der Waals surface area contributed by atoms with Crippen molar-refractivity contribution in [3.63, 3.8) is 0 Å². The highest BCUT2D eigenvalue weighted by Gasteiger charge is 2.08. The third kappa shape index (κ3) is 3.59. The van der Waals surface area contributed by atoms with E-state index in [9.17, 15) is 4.79 Å². The van der Waals surface area contributed by atoms with Crippen molar-refractivity contribution in [1.29, 1.82) is 0 Å². The molecule has 0 aliphatic rings. The minimum Gasteiger partial charge on any atom is -0.353 e. The molecular formula is C12H16N6O. The van der Waals surface area contributed by atoms with Crippen LogP contribution in [0.1, 0.15) is 5.56 Å². The lowest BCUT2D eigenvalue weighted by atomic mass is 10.1. The molecule has 0 bridgehead atoms. The monoisotopic (exact) mass is 260 g/mol. The molecule has 100 valence electrons. The maximum Gasteiger partial charge on any atom is 0.243 e. The highest BCUT2D eigenvalue weighted by molar-refractivity contribution is 5.75. The van der Waals surface area contributed by atoms with E-state index in [2.05, 4.69) is 20.7 Å². The van der Waals surface area contributed by atoms with E-state index in [1.165, 1.54) is 4.80 Å². The van der Waals surface area contributed by atoms with Crippen LogP contribution < -0.4 is 11.1 Å². The molecule has 7 nitrogen and oxygen atoms in total. The first-order valence-corrected chi connectivity index (χ1v) is 6.00. The normalized spacial score (nSPS) is 10.4. The van der Waals surface area contributed by atoms with Crippen LogP contribution in [0, 0.1) is 6.92 Å². The number of tetrazole rings is 1. The molecule has 7 heteroatoms. The van der Waals surface area contributed by atoms with Crippen LogP contribution >= 0.6 is 0 Å². The highest BCUT2D eigenvalue weighted by atomic mass is 16.2. The molecule has 3 N–H and O–H groups in total. The fourth-order valence-corrected chi connectivity index (χ4v) is 1.52. The van der Waals surface area contributed by atoms with Gasteiger partial charge in [-0.05, 0) is 12.1 Å². The molecule has 0 aliphatic heterocycles. The van der Waals surface area contributed by atoms with Gasteiger partial charge in [0.05, 0.1) is 0 Å². The van der Waals surface area contributed by atoms with Crippen LogP contribution in [-0.2, 0) is 11.3 Å². The summed E-state index contributed by atoms with van der Waals surface area (Å²) in [5.41, 5.74) is 7.34. The Morgan fingerprint density at radius 1 is 1.37 bits per heavy atom. The van der Waals surface area contributed by atoms with Crippen molar-refractivity contribution in [2.45, 2.75) is 13.5 Å². The Hall–Kier alpha value is -2.28. The zero-order chi connectivity index (χ0) is 13.7. The summed E-state index contributed by atoms with van der Waals surface area (Å²) < 4.78 is 0. The predicted molar refractivity (Wildman–Crippen MR) is 70.1 cm³/mol. The van der Waals surface area contributed by atoms with Gasteiger partial charge in [0.25, 0.3) is 0 Å². The van der Waals surface area contributed by atoms with E-state index in [4.69, 9.17) is 5.73 Å². The predicted octanol–water partition coefficient (Wildman–Crippen LogP) is -0.277. The molecule has 2 aromatic rings. The maximum absolute atomic E-state index is 11.5. The molecule has 1 aromatic carbocycles. The topological polar surface area (TPSA) is 98.7 Å². The number of nitrogens with zero attached hydrogens (tertiary/aromatic N) is 4. The number of nitrogens with one attached hydrogen (secondary N) is 1. The number of aryl methyl sites for hydroxylation is 1. The lowest BCUT2D eigenvalue weighted by molar-refractivity contribution is -0.122. The first-order chi connectivity index (χ1) is 9.19. The largest absolute Gasteiger partial charge is 0.353 e. The average Bonchev–Trinajstić information content (AvgIpc) is 2.85. The summed E-state index contributed by atoms with van der Waals surface area (Å²) in [7, 11) is 0. The van der Waals surface area contributed by atoms with E-state index < -0.39 is 0 Å². The Morgan fingerprint density at radius 3 is 2.79 bits per heavy atom. The molecule has 0 unspecified atom stereocenters. The van der Waals surface area contributed by atoms with Crippen molar-refractivity contribution < 1.29 is 4.79 Å². The van der Waals surface area contributed by atoms with Crippen molar-refractivity contribution in [2.75, 3.05) is 13.1 Å². The molecule has 2 rings (SSSR count).